The van der Waals surface area contributed by atoms with Crippen LogP contribution in [0.25, 0.3) is 0 Å². The van der Waals surface area contributed by atoms with Crippen LogP contribution in [-0.4, -0.2) is 39.1 Å². The number of methoxy groups -OCH3 is 3. The van der Waals surface area contributed by atoms with Crippen molar-refractivity contribution in [3.05, 3.63) is 53.6 Å². The van der Waals surface area contributed by atoms with Gasteiger partial charge in [-0.2, -0.15) is 0 Å². The molecule has 25 heavy (non-hydrogen) atoms. The molecule has 0 aromatic heterocycles. The molecule has 0 spiro atoms. The van der Waals surface area contributed by atoms with Crippen molar-refractivity contribution in [3.8, 4) is 17.2 Å². The zero-order chi connectivity index (χ0) is 17.8. The van der Waals surface area contributed by atoms with Crippen LogP contribution in [0.2, 0.25) is 0 Å². The Kier molecular flexibility index (Phi) is 5.46. The third-order valence-corrected chi connectivity index (χ3v) is 4.70. The third kappa shape index (κ3) is 3.57. The van der Waals surface area contributed by atoms with Gasteiger partial charge in [0.05, 0.1) is 39.5 Å². The molecule has 2 aromatic rings. The van der Waals surface area contributed by atoms with E-state index >= 15 is 0 Å². The van der Waals surface area contributed by atoms with Crippen LogP contribution in [0.4, 0.5) is 0 Å². The molecule has 0 saturated carbocycles. The van der Waals surface area contributed by atoms with Crippen molar-refractivity contribution in [2.24, 2.45) is 0 Å². The summed E-state index contributed by atoms with van der Waals surface area (Å²) in [5.41, 5.74) is 2.24. The van der Waals surface area contributed by atoms with Gasteiger partial charge < -0.3 is 18.9 Å². The summed E-state index contributed by atoms with van der Waals surface area (Å²) >= 11 is 0. The number of benzene rings is 2. The second kappa shape index (κ2) is 7.76. The molecule has 0 bridgehead atoms. The fourth-order valence-electron chi connectivity index (χ4n) is 3.29. The Hall–Kier alpha value is -2.24. The third-order valence-electron chi connectivity index (χ3n) is 4.70. The molecule has 1 aliphatic rings. The zero-order valence-electron chi connectivity index (χ0n) is 15.2. The van der Waals surface area contributed by atoms with Gasteiger partial charge in [0, 0.05) is 18.7 Å². The Morgan fingerprint density at radius 2 is 1.64 bits per heavy atom. The van der Waals surface area contributed by atoms with Crippen molar-refractivity contribution in [1.29, 1.82) is 0 Å². The molecule has 3 rings (SSSR count). The Bertz CT molecular complexity index is 679. The fraction of sp³-hybridized carbons (Fsp3) is 0.400. The van der Waals surface area contributed by atoms with Gasteiger partial charge in [-0.25, -0.2) is 0 Å². The lowest BCUT2D eigenvalue weighted by molar-refractivity contribution is 0.0411. The van der Waals surface area contributed by atoms with Crippen LogP contribution >= 0.6 is 0 Å². The largest absolute Gasteiger partial charge is 0.496 e. The van der Waals surface area contributed by atoms with E-state index in [1.165, 1.54) is 5.56 Å². The topological polar surface area (TPSA) is 40.2 Å². The highest BCUT2D eigenvalue weighted by molar-refractivity contribution is 5.50. The highest BCUT2D eigenvalue weighted by Crippen LogP contribution is 2.39. The molecular weight excluding hydrogens is 318 g/mol. The molecule has 0 unspecified atom stereocenters. The average molecular weight is 343 g/mol. The van der Waals surface area contributed by atoms with Crippen LogP contribution in [0.1, 0.15) is 24.1 Å². The predicted octanol–water partition coefficient (Wildman–Crippen LogP) is 3.63. The maximum absolute atomic E-state index is 5.92. The van der Waals surface area contributed by atoms with Crippen LogP contribution in [0.5, 0.6) is 17.2 Å². The van der Waals surface area contributed by atoms with Gasteiger partial charge in [-0.05, 0) is 12.5 Å². The smallest absolute Gasteiger partial charge is 0.130 e. The van der Waals surface area contributed by atoms with E-state index in [0.717, 1.165) is 17.1 Å². The van der Waals surface area contributed by atoms with E-state index in [2.05, 4.69) is 36.1 Å². The standard InChI is InChI=1S/C20H25NO4/c1-14-21(18(13-25-14)15-8-6-5-7-9-15)12-17-19(23-3)10-16(22-2)11-20(17)24-4/h5-11,14,18H,12-13H2,1-4H3/t14-,18+/m1/s1. The maximum atomic E-state index is 5.92. The first-order chi connectivity index (χ1) is 12.2. The Morgan fingerprint density at radius 1 is 1.00 bits per heavy atom. The average Bonchev–Trinajstić information content (AvgIpc) is 3.03. The lowest BCUT2D eigenvalue weighted by Gasteiger charge is -2.28. The summed E-state index contributed by atoms with van der Waals surface area (Å²) in [5.74, 6) is 2.21. The van der Waals surface area contributed by atoms with Gasteiger partial charge in [0.25, 0.3) is 0 Å². The molecule has 0 aliphatic carbocycles. The molecule has 5 nitrogen and oxygen atoms in total. The molecule has 1 heterocycles. The maximum Gasteiger partial charge on any atom is 0.130 e. The fourth-order valence-corrected chi connectivity index (χ4v) is 3.29. The first-order valence-corrected chi connectivity index (χ1v) is 8.39. The van der Waals surface area contributed by atoms with E-state index in [0.29, 0.717) is 18.9 Å². The molecule has 0 amide bonds. The molecule has 0 radical (unpaired) electrons. The van der Waals surface area contributed by atoms with Crippen LogP contribution in [0, 0.1) is 0 Å². The number of ether oxygens (including phenoxy) is 4. The van der Waals surface area contributed by atoms with Crippen molar-refractivity contribution in [1.82, 2.24) is 4.90 Å². The first kappa shape index (κ1) is 17.6. The molecule has 5 heteroatoms. The number of hydrogen-bond acceptors (Lipinski definition) is 5. The summed E-state index contributed by atoms with van der Waals surface area (Å²) in [7, 11) is 4.96. The second-order valence-electron chi connectivity index (χ2n) is 6.04. The van der Waals surface area contributed by atoms with Gasteiger partial charge in [-0.1, -0.05) is 30.3 Å². The van der Waals surface area contributed by atoms with E-state index in [1.807, 2.05) is 18.2 Å². The molecule has 1 saturated heterocycles. The number of rotatable bonds is 6. The SMILES string of the molecule is COc1cc(OC)c(CN2[C@@H](C)OC[C@H]2c2ccccc2)c(OC)c1. The summed E-state index contributed by atoms with van der Waals surface area (Å²) in [4.78, 5) is 2.32. The Labute approximate surface area is 149 Å². The highest BCUT2D eigenvalue weighted by Gasteiger charge is 2.34. The minimum Gasteiger partial charge on any atom is -0.496 e. The van der Waals surface area contributed by atoms with Crippen molar-refractivity contribution < 1.29 is 18.9 Å². The van der Waals surface area contributed by atoms with Gasteiger partial charge in [0.1, 0.15) is 23.5 Å². The highest BCUT2D eigenvalue weighted by atomic mass is 16.5. The normalized spacial score (nSPS) is 20.5. The minimum atomic E-state index is 0.0155. The summed E-state index contributed by atoms with van der Waals surface area (Å²) < 4.78 is 22.4. The molecule has 2 aromatic carbocycles. The van der Waals surface area contributed by atoms with E-state index in [-0.39, 0.29) is 12.3 Å². The van der Waals surface area contributed by atoms with Crippen molar-refractivity contribution >= 4 is 0 Å². The van der Waals surface area contributed by atoms with Crippen molar-refractivity contribution in [3.63, 3.8) is 0 Å². The van der Waals surface area contributed by atoms with Crippen LogP contribution in [0.15, 0.2) is 42.5 Å². The second-order valence-corrected chi connectivity index (χ2v) is 6.04. The number of nitrogens with zero attached hydrogens (tertiary/aromatic N) is 1. The van der Waals surface area contributed by atoms with E-state index in [1.54, 1.807) is 21.3 Å². The molecular formula is C20H25NO4. The van der Waals surface area contributed by atoms with Crippen LogP contribution in [-0.2, 0) is 11.3 Å². The summed E-state index contributed by atoms with van der Waals surface area (Å²) in [5, 5.41) is 0. The van der Waals surface area contributed by atoms with Gasteiger partial charge in [0.15, 0.2) is 0 Å². The van der Waals surface area contributed by atoms with E-state index in [9.17, 15) is 0 Å². The lowest BCUT2D eigenvalue weighted by atomic mass is 10.0. The van der Waals surface area contributed by atoms with Gasteiger partial charge in [-0.15, -0.1) is 0 Å². The molecule has 0 N–H and O–H groups in total. The number of hydrogen-bond donors (Lipinski definition) is 0. The zero-order valence-corrected chi connectivity index (χ0v) is 15.2. The summed E-state index contributed by atoms with van der Waals surface area (Å²) in [6.07, 6.45) is 0.0155. The van der Waals surface area contributed by atoms with Gasteiger partial charge in [-0.3, -0.25) is 4.90 Å². The quantitative estimate of drug-likeness (QED) is 0.801. The molecule has 134 valence electrons. The summed E-state index contributed by atoms with van der Waals surface area (Å²) in [6, 6.07) is 14.4. The Balaban J connectivity index is 1.94. The minimum absolute atomic E-state index is 0.0155. The van der Waals surface area contributed by atoms with Crippen molar-refractivity contribution in [2.45, 2.75) is 25.7 Å². The monoisotopic (exact) mass is 343 g/mol. The lowest BCUT2D eigenvalue weighted by Crippen LogP contribution is -2.30. The molecule has 1 fully saturated rings. The van der Waals surface area contributed by atoms with E-state index < -0.39 is 0 Å². The molecule has 1 aliphatic heterocycles. The van der Waals surface area contributed by atoms with Gasteiger partial charge >= 0.3 is 0 Å². The first-order valence-electron chi connectivity index (χ1n) is 8.39. The summed E-state index contributed by atoms with van der Waals surface area (Å²) in [6.45, 7) is 3.41. The van der Waals surface area contributed by atoms with E-state index in [4.69, 9.17) is 18.9 Å². The predicted molar refractivity (Wildman–Crippen MR) is 96.2 cm³/mol. The van der Waals surface area contributed by atoms with Crippen LogP contribution in [0.3, 0.4) is 0 Å². The Morgan fingerprint density at radius 3 is 2.20 bits per heavy atom. The molecule has 2 atom stereocenters. The van der Waals surface area contributed by atoms with Gasteiger partial charge in [0.2, 0.25) is 0 Å². The van der Waals surface area contributed by atoms with Crippen LogP contribution < -0.4 is 14.2 Å². The van der Waals surface area contributed by atoms with Crippen molar-refractivity contribution in [2.75, 3.05) is 27.9 Å².